The molecule has 0 atom stereocenters. The maximum atomic E-state index is 13.0. The van der Waals surface area contributed by atoms with Crippen LogP contribution >= 0.6 is 11.6 Å². The average molecular weight is 403 g/mol. The molecule has 0 unspecified atom stereocenters. The largest absolute Gasteiger partial charge is 0.462 e. The molecule has 0 aliphatic heterocycles. The molecule has 3 aromatic rings. The molecule has 0 bridgehead atoms. The summed E-state index contributed by atoms with van der Waals surface area (Å²) in [7, 11) is 0. The normalized spacial score (nSPS) is 10.5. The first-order valence-electron chi connectivity index (χ1n) is 8.45. The first kappa shape index (κ1) is 19.6. The lowest BCUT2D eigenvalue weighted by atomic mass is 10.1. The molecule has 1 N–H and O–H groups in total. The standard InChI is InChI=1S/C20H16ClFN2O4/c1-2-27-20(26)17-18(13-5-7-14(21)8-6-13)24-28-19(17)23-16(25)11-12-3-9-15(22)10-4-12/h3-10H,2,11H2,1H3,(H,23,25). The molecular weight excluding hydrogens is 387 g/mol. The van der Waals surface area contributed by atoms with Crippen LogP contribution in [0, 0.1) is 5.82 Å². The minimum atomic E-state index is -0.675. The van der Waals surface area contributed by atoms with Crippen molar-refractivity contribution in [3.05, 3.63) is 70.5 Å². The molecule has 0 aliphatic rings. The van der Waals surface area contributed by atoms with Gasteiger partial charge in [-0.1, -0.05) is 41.0 Å². The molecule has 8 heteroatoms. The predicted molar refractivity (Wildman–Crippen MR) is 102 cm³/mol. The summed E-state index contributed by atoms with van der Waals surface area (Å²) >= 11 is 5.90. The zero-order chi connectivity index (χ0) is 20.1. The van der Waals surface area contributed by atoms with Crippen LogP contribution in [0.4, 0.5) is 10.3 Å². The van der Waals surface area contributed by atoms with Gasteiger partial charge in [0.25, 0.3) is 0 Å². The van der Waals surface area contributed by atoms with Crippen molar-refractivity contribution in [3.63, 3.8) is 0 Å². The van der Waals surface area contributed by atoms with Gasteiger partial charge in [-0.15, -0.1) is 0 Å². The molecule has 1 amide bonds. The van der Waals surface area contributed by atoms with E-state index in [1.54, 1.807) is 31.2 Å². The molecule has 6 nitrogen and oxygen atoms in total. The highest BCUT2D eigenvalue weighted by Crippen LogP contribution is 2.30. The lowest BCUT2D eigenvalue weighted by Gasteiger charge is -2.06. The maximum Gasteiger partial charge on any atom is 0.346 e. The minimum absolute atomic E-state index is 0.0108. The number of nitrogens with one attached hydrogen (secondary N) is 1. The van der Waals surface area contributed by atoms with E-state index in [9.17, 15) is 14.0 Å². The van der Waals surface area contributed by atoms with E-state index >= 15 is 0 Å². The third kappa shape index (κ3) is 4.55. The molecule has 0 radical (unpaired) electrons. The van der Waals surface area contributed by atoms with Gasteiger partial charge in [-0.25, -0.2) is 9.18 Å². The maximum absolute atomic E-state index is 13.0. The minimum Gasteiger partial charge on any atom is -0.462 e. The first-order valence-corrected chi connectivity index (χ1v) is 8.82. The monoisotopic (exact) mass is 402 g/mol. The predicted octanol–water partition coefficient (Wildman–Crippen LogP) is 4.49. The number of hydrogen-bond acceptors (Lipinski definition) is 5. The van der Waals surface area contributed by atoms with Gasteiger partial charge in [0.2, 0.25) is 11.8 Å². The molecule has 3 rings (SSSR count). The van der Waals surface area contributed by atoms with Gasteiger partial charge in [-0.2, -0.15) is 0 Å². The topological polar surface area (TPSA) is 81.4 Å². The van der Waals surface area contributed by atoms with Gasteiger partial charge in [-0.05, 0) is 36.8 Å². The average Bonchev–Trinajstić information content (AvgIpc) is 3.08. The summed E-state index contributed by atoms with van der Waals surface area (Å²) < 4.78 is 23.3. The Kier molecular flexibility index (Phi) is 6.06. The van der Waals surface area contributed by atoms with E-state index in [1.165, 1.54) is 24.3 Å². The van der Waals surface area contributed by atoms with Crippen molar-refractivity contribution in [1.82, 2.24) is 5.16 Å². The van der Waals surface area contributed by atoms with E-state index in [2.05, 4.69) is 10.5 Å². The molecule has 1 aromatic heterocycles. The van der Waals surface area contributed by atoms with Gasteiger partial charge in [0, 0.05) is 10.6 Å². The fourth-order valence-corrected chi connectivity index (χ4v) is 2.66. The first-order chi connectivity index (χ1) is 13.5. The van der Waals surface area contributed by atoms with Crippen LogP contribution in [0.1, 0.15) is 22.8 Å². The second-order valence-corrected chi connectivity index (χ2v) is 6.25. The Bertz CT molecular complexity index is 984. The lowest BCUT2D eigenvalue weighted by molar-refractivity contribution is -0.115. The molecule has 0 saturated carbocycles. The van der Waals surface area contributed by atoms with Crippen molar-refractivity contribution in [3.8, 4) is 11.3 Å². The van der Waals surface area contributed by atoms with Crippen LogP contribution in [0.5, 0.6) is 0 Å². The molecule has 144 valence electrons. The summed E-state index contributed by atoms with van der Waals surface area (Å²) in [5.41, 5.74) is 1.42. The number of ether oxygens (including phenoxy) is 1. The number of hydrogen-bond donors (Lipinski definition) is 1. The van der Waals surface area contributed by atoms with E-state index in [-0.39, 0.29) is 30.2 Å². The molecular formula is C20H16ClFN2O4. The van der Waals surface area contributed by atoms with E-state index in [4.69, 9.17) is 20.9 Å². The lowest BCUT2D eigenvalue weighted by Crippen LogP contribution is -2.17. The fourth-order valence-electron chi connectivity index (χ4n) is 2.53. The number of carbonyl (C=O) groups is 2. The Morgan fingerprint density at radius 1 is 1.14 bits per heavy atom. The number of halogens is 2. The van der Waals surface area contributed by atoms with Crippen molar-refractivity contribution < 1.29 is 23.2 Å². The number of nitrogens with zero attached hydrogens (tertiary/aromatic N) is 1. The smallest absolute Gasteiger partial charge is 0.346 e. The van der Waals surface area contributed by atoms with Crippen molar-refractivity contribution in [2.24, 2.45) is 0 Å². The Hall–Kier alpha value is -3.19. The number of benzene rings is 2. The van der Waals surface area contributed by atoms with E-state index < -0.39 is 17.7 Å². The van der Waals surface area contributed by atoms with E-state index in [0.717, 1.165) is 0 Å². The van der Waals surface area contributed by atoms with E-state index in [1.807, 2.05) is 0 Å². The van der Waals surface area contributed by atoms with Crippen molar-refractivity contribution in [2.75, 3.05) is 11.9 Å². The van der Waals surface area contributed by atoms with Crippen LogP contribution in [-0.4, -0.2) is 23.6 Å². The van der Waals surface area contributed by atoms with Crippen LogP contribution < -0.4 is 5.32 Å². The third-order valence-corrected chi connectivity index (χ3v) is 4.07. The summed E-state index contributed by atoms with van der Waals surface area (Å²) in [6.45, 7) is 1.81. The highest BCUT2D eigenvalue weighted by atomic mass is 35.5. The molecule has 0 saturated heterocycles. The van der Waals surface area contributed by atoms with Gasteiger partial charge in [0.1, 0.15) is 11.5 Å². The van der Waals surface area contributed by atoms with Gasteiger partial charge < -0.3 is 9.26 Å². The van der Waals surface area contributed by atoms with Gasteiger partial charge in [0.05, 0.1) is 13.0 Å². The van der Waals surface area contributed by atoms with Gasteiger partial charge in [0.15, 0.2) is 5.56 Å². The molecule has 1 heterocycles. The quantitative estimate of drug-likeness (QED) is 0.614. The van der Waals surface area contributed by atoms with Gasteiger partial charge in [-0.3, -0.25) is 10.1 Å². The van der Waals surface area contributed by atoms with Crippen LogP contribution in [0.15, 0.2) is 53.1 Å². The number of carbonyl (C=O) groups excluding carboxylic acids is 2. The Labute approximate surface area is 165 Å². The molecule has 2 aromatic carbocycles. The second-order valence-electron chi connectivity index (χ2n) is 5.81. The number of esters is 1. The Morgan fingerprint density at radius 3 is 2.46 bits per heavy atom. The zero-order valence-corrected chi connectivity index (χ0v) is 15.6. The van der Waals surface area contributed by atoms with E-state index in [0.29, 0.717) is 16.1 Å². The molecule has 0 spiro atoms. The van der Waals surface area contributed by atoms with Crippen molar-refractivity contribution in [1.29, 1.82) is 0 Å². The highest BCUT2D eigenvalue weighted by Gasteiger charge is 2.26. The van der Waals surface area contributed by atoms with Crippen LogP contribution in [0.2, 0.25) is 5.02 Å². The summed E-state index contributed by atoms with van der Waals surface area (Å²) in [6.07, 6.45) is -0.0283. The molecule has 0 fully saturated rings. The number of amides is 1. The van der Waals surface area contributed by atoms with Crippen LogP contribution in [-0.2, 0) is 16.0 Å². The molecule has 28 heavy (non-hydrogen) atoms. The summed E-state index contributed by atoms with van der Waals surface area (Å²) in [6, 6.07) is 12.2. The Morgan fingerprint density at radius 2 is 1.82 bits per heavy atom. The summed E-state index contributed by atoms with van der Waals surface area (Å²) in [4.78, 5) is 24.8. The highest BCUT2D eigenvalue weighted by molar-refractivity contribution is 6.30. The fraction of sp³-hybridized carbons (Fsp3) is 0.150. The summed E-state index contributed by atoms with van der Waals surface area (Å²) in [5.74, 6) is -1.63. The van der Waals surface area contributed by atoms with Crippen LogP contribution in [0.25, 0.3) is 11.3 Å². The molecule has 0 aliphatic carbocycles. The number of anilines is 1. The van der Waals surface area contributed by atoms with Crippen molar-refractivity contribution >= 4 is 29.4 Å². The SMILES string of the molecule is CCOC(=O)c1c(-c2ccc(Cl)cc2)noc1NC(=O)Cc1ccc(F)cc1. The zero-order valence-electron chi connectivity index (χ0n) is 14.9. The second kappa shape index (κ2) is 8.67. The number of rotatable bonds is 6. The third-order valence-electron chi connectivity index (χ3n) is 3.82. The number of aromatic nitrogens is 1. The Balaban J connectivity index is 1.87. The van der Waals surface area contributed by atoms with Crippen molar-refractivity contribution in [2.45, 2.75) is 13.3 Å². The summed E-state index contributed by atoms with van der Waals surface area (Å²) in [5, 5.41) is 6.96. The van der Waals surface area contributed by atoms with Crippen LogP contribution in [0.3, 0.4) is 0 Å². The van der Waals surface area contributed by atoms with Gasteiger partial charge >= 0.3 is 5.97 Å².